The van der Waals surface area contributed by atoms with Crippen molar-refractivity contribution >= 4 is 0 Å². The summed E-state index contributed by atoms with van der Waals surface area (Å²) in [6.45, 7) is 3.94. The zero-order chi connectivity index (χ0) is 11.7. The van der Waals surface area contributed by atoms with Crippen LogP contribution in [0.25, 0.3) is 5.73 Å². The number of hydrogen-bond acceptors (Lipinski definition) is 2. The van der Waals surface area contributed by atoms with Gasteiger partial charge in [0, 0.05) is 6.54 Å². The summed E-state index contributed by atoms with van der Waals surface area (Å²) in [6, 6.07) is 7.98. The van der Waals surface area contributed by atoms with Crippen LogP contribution in [0.15, 0.2) is 24.3 Å². The predicted octanol–water partition coefficient (Wildman–Crippen LogP) is -0.284. The fraction of sp³-hybridized carbons (Fsp3) is 0.571. The SMILES string of the molecule is [NH-]Cc1ccc(OC2CN3CCC2CC3)cc1.[Rb+]. The molecule has 1 atom stereocenters. The average Bonchev–Trinajstić information content (AvgIpc) is 2.41. The predicted molar refractivity (Wildman–Crippen MR) is 68.0 cm³/mol. The molecule has 1 N–H and O–H groups in total. The van der Waals surface area contributed by atoms with Crippen molar-refractivity contribution in [1.29, 1.82) is 0 Å². The third-order valence-corrected chi connectivity index (χ3v) is 4.01. The van der Waals surface area contributed by atoms with Crippen molar-refractivity contribution in [2.45, 2.75) is 25.5 Å². The first-order valence-corrected chi connectivity index (χ1v) is 6.48. The van der Waals surface area contributed by atoms with Crippen LogP contribution in [0.5, 0.6) is 5.75 Å². The van der Waals surface area contributed by atoms with Gasteiger partial charge in [0.1, 0.15) is 11.9 Å². The first-order chi connectivity index (χ1) is 8.35. The Morgan fingerprint density at radius 2 is 1.83 bits per heavy atom. The fourth-order valence-electron chi connectivity index (χ4n) is 2.91. The van der Waals surface area contributed by atoms with Crippen molar-refractivity contribution in [2.24, 2.45) is 5.92 Å². The van der Waals surface area contributed by atoms with E-state index in [1.54, 1.807) is 0 Å². The Balaban J connectivity index is 0.00000120. The Labute approximate surface area is 158 Å². The minimum atomic E-state index is 0. The van der Waals surface area contributed by atoms with Crippen molar-refractivity contribution in [1.82, 2.24) is 4.90 Å². The zero-order valence-electron chi connectivity index (χ0n) is 11.1. The molecule has 0 amide bonds. The van der Waals surface area contributed by atoms with E-state index >= 15 is 0 Å². The van der Waals surface area contributed by atoms with E-state index in [4.69, 9.17) is 10.5 Å². The molecule has 1 aromatic carbocycles. The quantitative estimate of drug-likeness (QED) is 0.769. The summed E-state index contributed by atoms with van der Waals surface area (Å²) < 4.78 is 6.09. The summed E-state index contributed by atoms with van der Waals surface area (Å²) in [4.78, 5) is 2.50. The molecule has 0 saturated carbocycles. The molecule has 3 saturated heterocycles. The maximum Gasteiger partial charge on any atom is 1.00 e. The number of ether oxygens (including phenoxy) is 1. The van der Waals surface area contributed by atoms with Gasteiger partial charge in [-0.1, -0.05) is 17.7 Å². The molecule has 0 aliphatic carbocycles. The van der Waals surface area contributed by atoms with E-state index in [0.29, 0.717) is 12.6 Å². The minimum absolute atomic E-state index is 0. The van der Waals surface area contributed by atoms with Crippen molar-refractivity contribution < 1.29 is 62.9 Å². The molecule has 1 unspecified atom stereocenters. The van der Waals surface area contributed by atoms with Crippen LogP contribution in [0.1, 0.15) is 18.4 Å². The van der Waals surface area contributed by atoms with Crippen LogP contribution in [0.3, 0.4) is 0 Å². The Hall–Kier alpha value is 0.745. The largest absolute Gasteiger partial charge is 1.00 e. The van der Waals surface area contributed by atoms with Crippen LogP contribution in [-0.4, -0.2) is 30.6 Å². The Kier molecular flexibility index (Phi) is 5.85. The van der Waals surface area contributed by atoms with Gasteiger partial charge in [-0.05, 0) is 44.0 Å². The van der Waals surface area contributed by atoms with E-state index in [1.807, 2.05) is 24.3 Å². The third-order valence-electron chi connectivity index (χ3n) is 4.01. The summed E-state index contributed by atoms with van der Waals surface area (Å²) in [5.74, 6) is 1.71. The Morgan fingerprint density at radius 1 is 1.17 bits per heavy atom. The smallest absolute Gasteiger partial charge is 0.674 e. The summed E-state index contributed by atoms with van der Waals surface area (Å²) in [6.07, 6.45) is 2.95. The first kappa shape index (κ1) is 15.1. The van der Waals surface area contributed by atoms with Gasteiger partial charge in [0.05, 0.1) is 0 Å². The van der Waals surface area contributed by atoms with E-state index in [0.717, 1.165) is 23.8 Å². The van der Waals surface area contributed by atoms with Crippen molar-refractivity contribution in [3.8, 4) is 5.75 Å². The Bertz CT molecular complexity index is 374. The molecule has 3 nitrogen and oxygen atoms in total. The molecule has 4 heteroatoms. The summed E-state index contributed by atoms with van der Waals surface area (Å²) in [7, 11) is 0. The van der Waals surface area contributed by atoms with Gasteiger partial charge in [0.2, 0.25) is 0 Å². The molecule has 3 aliphatic heterocycles. The maximum atomic E-state index is 7.29. The number of rotatable bonds is 3. The van der Waals surface area contributed by atoms with E-state index in [1.165, 1.54) is 25.9 Å². The number of nitrogens with one attached hydrogen (secondary N) is 1. The summed E-state index contributed by atoms with van der Waals surface area (Å²) in [5.41, 5.74) is 8.33. The topological polar surface area (TPSA) is 36.3 Å². The van der Waals surface area contributed by atoms with E-state index in [9.17, 15) is 0 Å². The van der Waals surface area contributed by atoms with Gasteiger partial charge >= 0.3 is 58.2 Å². The minimum Gasteiger partial charge on any atom is -0.674 e. The summed E-state index contributed by atoms with van der Waals surface area (Å²) >= 11 is 0. The number of nitrogens with zero attached hydrogens (tertiary/aromatic N) is 1. The van der Waals surface area contributed by atoms with E-state index in [-0.39, 0.29) is 58.2 Å². The van der Waals surface area contributed by atoms with E-state index < -0.39 is 0 Å². The molecule has 18 heavy (non-hydrogen) atoms. The monoisotopic (exact) mass is 316 g/mol. The average molecular weight is 317 g/mol. The van der Waals surface area contributed by atoms with Gasteiger partial charge in [0.25, 0.3) is 0 Å². The Morgan fingerprint density at radius 3 is 2.33 bits per heavy atom. The normalized spacial score (nSPS) is 29.7. The van der Waals surface area contributed by atoms with Crippen molar-refractivity contribution in [3.63, 3.8) is 0 Å². The van der Waals surface area contributed by atoms with Gasteiger partial charge in [-0.25, -0.2) is 0 Å². The van der Waals surface area contributed by atoms with Crippen LogP contribution < -0.4 is 62.9 Å². The van der Waals surface area contributed by atoms with Crippen LogP contribution in [0.4, 0.5) is 0 Å². The standard InChI is InChI=1S/C14H19N2O.Rb/c15-9-11-1-3-13(4-2-11)17-14-10-16-7-5-12(14)6-8-16;/h1-4,12,14-15H,5-10H2;/q-1;+1. The third kappa shape index (κ3) is 3.44. The number of hydrogen-bond donors (Lipinski definition) is 0. The second-order valence-corrected chi connectivity index (χ2v) is 5.12. The molecule has 1 aromatic rings. The maximum absolute atomic E-state index is 7.29. The summed E-state index contributed by atoms with van der Waals surface area (Å²) in [5, 5.41) is 0. The van der Waals surface area contributed by atoms with Crippen LogP contribution in [0.2, 0.25) is 0 Å². The van der Waals surface area contributed by atoms with Gasteiger partial charge in [0.15, 0.2) is 0 Å². The molecule has 92 valence electrons. The number of fused-ring (bicyclic) bond motifs is 3. The molecule has 3 aliphatic rings. The molecule has 0 radical (unpaired) electrons. The number of benzene rings is 1. The molecule has 3 heterocycles. The van der Waals surface area contributed by atoms with Crippen LogP contribution in [0, 0.1) is 5.92 Å². The molecule has 0 aromatic heterocycles. The van der Waals surface area contributed by atoms with Crippen LogP contribution >= 0.6 is 0 Å². The van der Waals surface area contributed by atoms with Gasteiger partial charge in [-0.15, -0.1) is 6.54 Å². The molecular weight excluding hydrogens is 298 g/mol. The first-order valence-electron chi connectivity index (χ1n) is 6.48. The second-order valence-electron chi connectivity index (χ2n) is 5.12. The van der Waals surface area contributed by atoms with E-state index in [2.05, 4.69) is 4.90 Å². The molecular formula is C14H19N2ORb. The zero-order valence-corrected chi connectivity index (χ0v) is 16.0. The van der Waals surface area contributed by atoms with Gasteiger partial charge < -0.3 is 10.5 Å². The molecule has 4 rings (SSSR count). The fourth-order valence-corrected chi connectivity index (χ4v) is 2.91. The second kappa shape index (κ2) is 6.96. The van der Waals surface area contributed by atoms with Crippen molar-refractivity contribution in [2.75, 3.05) is 19.6 Å². The van der Waals surface area contributed by atoms with Gasteiger partial charge in [-0.3, -0.25) is 4.90 Å². The van der Waals surface area contributed by atoms with Crippen molar-refractivity contribution in [3.05, 3.63) is 35.6 Å². The molecule has 2 bridgehead atoms. The molecule has 0 spiro atoms. The van der Waals surface area contributed by atoms with Crippen LogP contribution in [-0.2, 0) is 6.54 Å². The number of piperidine rings is 3. The molecule has 3 fully saturated rings. The van der Waals surface area contributed by atoms with Gasteiger partial charge in [-0.2, -0.15) is 0 Å².